The highest BCUT2D eigenvalue weighted by molar-refractivity contribution is 6.05. The monoisotopic (exact) mass is 348 g/mol. The number of hydrogen-bond acceptors (Lipinski definition) is 3. The molecule has 1 aromatic carbocycles. The van der Waals surface area contributed by atoms with Crippen molar-refractivity contribution in [1.29, 1.82) is 0 Å². The van der Waals surface area contributed by atoms with Crippen molar-refractivity contribution >= 4 is 11.7 Å². The van der Waals surface area contributed by atoms with Gasteiger partial charge in [-0.05, 0) is 37.3 Å². The number of carbonyl (C=O) groups excluding carboxylic acids is 1. The summed E-state index contributed by atoms with van der Waals surface area (Å²) in [5.74, 6) is 0.152. The maximum atomic E-state index is 12.8. The van der Waals surface area contributed by atoms with E-state index in [0.29, 0.717) is 11.5 Å². The molecule has 3 aromatic rings. The number of aromatic nitrogens is 3. The van der Waals surface area contributed by atoms with Crippen molar-refractivity contribution in [2.45, 2.75) is 25.7 Å². The lowest BCUT2D eigenvalue weighted by atomic mass is 9.95. The van der Waals surface area contributed by atoms with Gasteiger partial charge in [0.1, 0.15) is 17.1 Å². The summed E-state index contributed by atoms with van der Waals surface area (Å²) in [5, 5.41) is 2.86. The third-order valence-corrected chi connectivity index (χ3v) is 4.80. The summed E-state index contributed by atoms with van der Waals surface area (Å²) >= 11 is 0. The third kappa shape index (κ3) is 2.94. The van der Waals surface area contributed by atoms with Crippen molar-refractivity contribution in [3.63, 3.8) is 0 Å². The van der Waals surface area contributed by atoms with Gasteiger partial charge in [0, 0.05) is 18.3 Å². The van der Waals surface area contributed by atoms with E-state index in [1.165, 1.54) is 0 Å². The van der Waals surface area contributed by atoms with Crippen LogP contribution in [0.2, 0.25) is 0 Å². The number of rotatable bonds is 3. The molecule has 1 aliphatic rings. The molecule has 4 rings (SSSR count). The number of nitrogens with one attached hydrogen (secondary N) is 2. The molecule has 1 aliphatic carbocycles. The largest absolute Gasteiger partial charge is 0.325 e. The highest BCUT2D eigenvalue weighted by atomic mass is 16.2. The summed E-state index contributed by atoms with van der Waals surface area (Å²) in [4.78, 5) is 32.4. The van der Waals surface area contributed by atoms with Gasteiger partial charge in [-0.25, -0.2) is 4.98 Å². The summed E-state index contributed by atoms with van der Waals surface area (Å²) < 4.78 is 1.74. The van der Waals surface area contributed by atoms with Crippen molar-refractivity contribution in [3.8, 4) is 11.3 Å². The first-order chi connectivity index (χ1) is 12.6. The Hall–Kier alpha value is -3.15. The van der Waals surface area contributed by atoms with Gasteiger partial charge in [0.05, 0.1) is 6.33 Å². The lowest BCUT2D eigenvalue weighted by molar-refractivity contribution is 0.102. The Bertz CT molecular complexity index is 1020. The molecule has 0 bridgehead atoms. The van der Waals surface area contributed by atoms with Crippen LogP contribution in [0.15, 0.2) is 47.5 Å². The molecule has 0 saturated carbocycles. The lowest BCUT2D eigenvalue weighted by Crippen LogP contribution is -2.26. The predicted octanol–water partition coefficient (Wildman–Crippen LogP) is 2.91. The Morgan fingerprint density at radius 3 is 2.77 bits per heavy atom. The summed E-state index contributed by atoms with van der Waals surface area (Å²) in [5.41, 5.74) is 3.41. The van der Waals surface area contributed by atoms with Gasteiger partial charge in [-0.1, -0.05) is 30.3 Å². The van der Waals surface area contributed by atoms with E-state index >= 15 is 0 Å². The Labute approximate surface area is 150 Å². The molecule has 132 valence electrons. The van der Waals surface area contributed by atoms with Crippen LogP contribution < -0.4 is 10.9 Å². The molecule has 6 nitrogen and oxygen atoms in total. The molecule has 1 amide bonds. The van der Waals surface area contributed by atoms with E-state index in [4.69, 9.17) is 0 Å². The lowest BCUT2D eigenvalue weighted by Gasteiger charge is -2.16. The van der Waals surface area contributed by atoms with Gasteiger partial charge in [-0.3, -0.25) is 9.59 Å². The van der Waals surface area contributed by atoms with E-state index in [2.05, 4.69) is 15.3 Å². The van der Waals surface area contributed by atoms with E-state index in [9.17, 15) is 9.59 Å². The van der Waals surface area contributed by atoms with Crippen LogP contribution in [0.1, 0.15) is 34.5 Å². The molecule has 0 radical (unpaired) electrons. The first-order valence-corrected chi connectivity index (χ1v) is 8.76. The van der Waals surface area contributed by atoms with E-state index in [1.807, 2.05) is 37.4 Å². The summed E-state index contributed by atoms with van der Waals surface area (Å²) in [6.45, 7) is 0. The molecule has 2 N–H and O–H groups in total. The standard InChI is InChI=1S/C20H20N4O2/c1-24-12-21-17(13-7-3-2-4-8-13)18(24)23-20(26)15-11-14-9-5-6-10-16(14)22-19(15)25/h2-4,7-8,11-12H,5-6,9-10H2,1H3,(H,22,25)(H,23,26). The fourth-order valence-electron chi connectivity index (χ4n) is 3.40. The van der Waals surface area contributed by atoms with Crippen molar-refractivity contribution in [2.75, 3.05) is 5.32 Å². The van der Waals surface area contributed by atoms with E-state index in [1.54, 1.807) is 17.0 Å². The Morgan fingerprint density at radius 2 is 1.96 bits per heavy atom. The van der Waals surface area contributed by atoms with Crippen molar-refractivity contribution in [1.82, 2.24) is 14.5 Å². The van der Waals surface area contributed by atoms with Gasteiger partial charge in [-0.15, -0.1) is 0 Å². The van der Waals surface area contributed by atoms with E-state index < -0.39 is 5.91 Å². The summed E-state index contributed by atoms with van der Waals surface area (Å²) in [6.07, 6.45) is 5.57. The number of aromatic amines is 1. The van der Waals surface area contributed by atoms with Crippen LogP contribution in [0.25, 0.3) is 11.3 Å². The van der Waals surface area contributed by atoms with Crippen LogP contribution in [0, 0.1) is 0 Å². The first-order valence-electron chi connectivity index (χ1n) is 8.76. The number of aryl methyl sites for hydroxylation is 3. The van der Waals surface area contributed by atoms with E-state index in [-0.39, 0.29) is 11.1 Å². The molecule has 0 unspecified atom stereocenters. The Balaban J connectivity index is 1.68. The highest BCUT2D eigenvalue weighted by Crippen LogP contribution is 2.26. The van der Waals surface area contributed by atoms with Crippen LogP contribution in [-0.4, -0.2) is 20.4 Å². The summed E-state index contributed by atoms with van der Waals surface area (Å²) in [6, 6.07) is 11.4. The minimum Gasteiger partial charge on any atom is -0.325 e. The number of fused-ring (bicyclic) bond motifs is 1. The van der Waals surface area contributed by atoms with Crippen LogP contribution in [-0.2, 0) is 19.9 Å². The fraction of sp³-hybridized carbons (Fsp3) is 0.250. The zero-order valence-electron chi connectivity index (χ0n) is 14.6. The van der Waals surface area contributed by atoms with Gasteiger partial charge >= 0.3 is 0 Å². The fourth-order valence-corrected chi connectivity index (χ4v) is 3.40. The number of imidazole rings is 1. The second-order valence-corrected chi connectivity index (χ2v) is 6.60. The van der Waals surface area contributed by atoms with Gasteiger partial charge < -0.3 is 14.9 Å². The minimum absolute atomic E-state index is 0.144. The molecule has 26 heavy (non-hydrogen) atoms. The average Bonchev–Trinajstić information content (AvgIpc) is 3.02. The van der Waals surface area contributed by atoms with Crippen LogP contribution >= 0.6 is 0 Å². The molecule has 0 aliphatic heterocycles. The Morgan fingerprint density at radius 1 is 1.19 bits per heavy atom. The average molecular weight is 348 g/mol. The topological polar surface area (TPSA) is 79.8 Å². The molecule has 0 spiro atoms. The SMILES string of the molecule is Cn1cnc(-c2ccccc2)c1NC(=O)c1cc2c([nH]c1=O)CCCC2. The van der Waals surface area contributed by atoms with E-state index in [0.717, 1.165) is 42.5 Å². The molecule has 2 aromatic heterocycles. The molecular weight excluding hydrogens is 328 g/mol. The number of nitrogens with zero attached hydrogens (tertiary/aromatic N) is 2. The van der Waals surface area contributed by atoms with Gasteiger partial charge in [0.15, 0.2) is 0 Å². The molecular formula is C20H20N4O2. The molecule has 2 heterocycles. The number of hydrogen-bond donors (Lipinski definition) is 2. The van der Waals surface area contributed by atoms with Crippen LogP contribution in [0.4, 0.5) is 5.82 Å². The van der Waals surface area contributed by atoms with Gasteiger partial charge in [0.25, 0.3) is 11.5 Å². The first kappa shape index (κ1) is 16.3. The normalized spacial score (nSPS) is 13.3. The van der Waals surface area contributed by atoms with Gasteiger partial charge in [-0.2, -0.15) is 0 Å². The number of H-pyrrole nitrogens is 1. The number of anilines is 1. The molecule has 6 heteroatoms. The molecule has 0 fully saturated rings. The zero-order chi connectivity index (χ0) is 18.1. The smallest absolute Gasteiger partial charge is 0.262 e. The second kappa shape index (κ2) is 6.63. The zero-order valence-corrected chi connectivity index (χ0v) is 14.6. The minimum atomic E-state index is -0.416. The van der Waals surface area contributed by atoms with Crippen LogP contribution in [0.5, 0.6) is 0 Å². The number of carbonyl (C=O) groups is 1. The number of amides is 1. The maximum Gasteiger partial charge on any atom is 0.262 e. The van der Waals surface area contributed by atoms with Crippen molar-refractivity contribution in [3.05, 3.63) is 69.9 Å². The van der Waals surface area contributed by atoms with Crippen molar-refractivity contribution < 1.29 is 4.79 Å². The van der Waals surface area contributed by atoms with Gasteiger partial charge in [0.2, 0.25) is 0 Å². The summed E-state index contributed by atoms with van der Waals surface area (Å²) in [7, 11) is 1.81. The molecule has 0 saturated heterocycles. The third-order valence-electron chi connectivity index (χ3n) is 4.80. The number of benzene rings is 1. The van der Waals surface area contributed by atoms with Crippen LogP contribution in [0.3, 0.4) is 0 Å². The number of pyridine rings is 1. The molecule has 0 atom stereocenters. The Kier molecular flexibility index (Phi) is 4.16. The predicted molar refractivity (Wildman–Crippen MR) is 100 cm³/mol. The quantitative estimate of drug-likeness (QED) is 0.764. The highest BCUT2D eigenvalue weighted by Gasteiger charge is 2.20. The van der Waals surface area contributed by atoms with Crippen molar-refractivity contribution in [2.24, 2.45) is 7.05 Å². The maximum absolute atomic E-state index is 12.8. The second-order valence-electron chi connectivity index (χ2n) is 6.60.